The van der Waals surface area contributed by atoms with Crippen molar-refractivity contribution in [1.29, 1.82) is 0 Å². The molecular formula is C20H20N2O3. The number of benzene rings is 2. The van der Waals surface area contributed by atoms with Gasteiger partial charge in [0.2, 0.25) is 0 Å². The van der Waals surface area contributed by atoms with Crippen LogP contribution in [0.3, 0.4) is 0 Å². The highest BCUT2D eigenvalue weighted by molar-refractivity contribution is 5.68. The lowest BCUT2D eigenvalue weighted by Crippen LogP contribution is -2.21. The third-order valence-electron chi connectivity index (χ3n) is 3.97. The number of rotatable bonds is 7. The van der Waals surface area contributed by atoms with Gasteiger partial charge in [0, 0.05) is 24.6 Å². The SMILES string of the molecule is O=C(O)NCCCCc1cc(-c2ccc(-c3ccccc3)cc2)no1. The Hall–Kier alpha value is -3.08. The summed E-state index contributed by atoms with van der Waals surface area (Å²) in [5.74, 6) is 0.817. The lowest BCUT2D eigenvalue weighted by molar-refractivity contribution is 0.194. The Labute approximate surface area is 146 Å². The Morgan fingerprint density at radius 1 is 0.960 bits per heavy atom. The van der Waals surface area contributed by atoms with Crippen LogP contribution in [0.1, 0.15) is 18.6 Å². The van der Waals surface area contributed by atoms with Crippen LogP contribution in [0.15, 0.2) is 65.2 Å². The minimum absolute atomic E-state index is 0.456. The number of aromatic nitrogens is 1. The minimum Gasteiger partial charge on any atom is -0.465 e. The molecule has 0 atom stereocenters. The van der Waals surface area contributed by atoms with Crippen molar-refractivity contribution in [3.05, 3.63) is 66.4 Å². The summed E-state index contributed by atoms with van der Waals surface area (Å²) in [5.41, 5.74) is 4.18. The van der Waals surface area contributed by atoms with Crippen LogP contribution in [0.5, 0.6) is 0 Å². The molecule has 1 heterocycles. The van der Waals surface area contributed by atoms with Gasteiger partial charge in [0.15, 0.2) is 0 Å². The first-order valence-corrected chi connectivity index (χ1v) is 8.30. The van der Waals surface area contributed by atoms with Gasteiger partial charge < -0.3 is 14.9 Å². The second kappa shape index (κ2) is 8.15. The number of nitrogens with zero attached hydrogens (tertiary/aromatic N) is 1. The average molecular weight is 336 g/mol. The van der Waals surface area contributed by atoms with Crippen molar-refractivity contribution in [3.8, 4) is 22.4 Å². The van der Waals surface area contributed by atoms with Crippen LogP contribution in [-0.2, 0) is 6.42 Å². The molecular weight excluding hydrogens is 316 g/mol. The number of carbonyl (C=O) groups is 1. The fraction of sp³-hybridized carbons (Fsp3) is 0.200. The third-order valence-corrected chi connectivity index (χ3v) is 3.97. The molecule has 0 aliphatic carbocycles. The molecule has 5 nitrogen and oxygen atoms in total. The fourth-order valence-electron chi connectivity index (χ4n) is 2.65. The first-order valence-electron chi connectivity index (χ1n) is 8.30. The van der Waals surface area contributed by atoms with E-state index < -0.39 is 6.09 Å². The number of unbranched alkanes of at least 4 members (excludes halogenated alkanes) is 1. The van der Waals surface area contributed by atoms with E-state index in [1.807, 2.05) is 36.4 Å². The van der Waals surface area contributed by atoms with E-state index in [1.165, 1.54) is 11.1 Å². The zero-order chi connectivity index (χ0) is 17.5. The van der Waals surface area contributed by atoms with Crippen molar-refractivity contribution >= 4 is 6.09 Å². The van der Waals surface area contributed by atoms with Crippen LogP contribution in [0.25, 0.3) is 22.4 Å². The highest BCUT2D eigenvalue weighted by Gasteiger charge is 2.07. The summed E-state index contributed by atoms with van der Waals surface area (Å²) in [6.45, 7) is 0.456. The summed E-state index contributed by atoms with van der Waals surface area (Å²) < 4.78 is 5.37. The lowest BCUT2D eigenvalue weighted by Gasteiger charge is -2.02. The van der Waals surface area contributed by atoms with Gasteiger partial charge in [-0.3, -0.25) is 0 Å². The van der Waals surface area contributed by atoms with Crippen LogP contribution in [0, 0.1) is 0 Å². The smallest absolute Gasteiger partial charge is 0.404 e. The predicted octanol–water partition coefficient (Wildman–Crippen LogP) is 4.60. The minimum atomic E-state index is -0.985. The molecule has 0 unspecified atom stereocenters. The van der Waals surface area contributed by atoms with Crippen molar-refractivity contribution in [2.45, 2.75) is 19.3 Å². The molecule has 128 valence electrons. The van der Waals surface area contributed by atoms with E-state index in [-0.39, 0.29) is 0 Å². The van der Waals surface area contributed by atoms with Crippen LogP contribution in [0.4, 0.5) is 4.79 Å². The lowest BCUT2D eigenvalue weighted by atomic mass is 10.0. The van der Waals surface area contributed by atoms with E-state index in [2.05, 4.69) is 34.7 Å². The summed E-state index contributed by atoms with van der Waals surface area (Å²) in [6.07, 6.45) is 1.38. The monoisotopic (exact) mass is 336 g/mol. The second-order valence-electron chi connectivity index (χ2n) is 5.81. The number of nitrogens with one attached hydrogen (secondary N) is 1. The molecule has 25 heavy (non-hydrogen) atoms. The second-order valence-corrected chi connectivity index (χ2v) is 5.81. The molecule has 0 aliphatic heterocycles. The molecule has 3 rings (SSSR count). The summed E-state index contributed by atoms with van der Waals surface area (Å²) in [5, 5.41) is 15.0. The van der Waals surface area contributed by atoms with E-state index in [4.69, 9.17) is 9.63 Å². The Kier molecular flexibility index (Phi) is 5.46. The molecule has 5 heteroatoms. The van der Waals surface area contributed by atoms with E-state index in [9.17, 15) is 4.79 Å². The quantitative estimate of drug-likeness (QED) is 0.618. The summed E-state index contributed by atoms with van der Waals surface area (Å²) >= 11 is 0. The number of carboxylic acid groups (broad SMARTS) is 1. The van der Waals surface area contributed by atoms with E-state index in [1.54, 1.807) is 0 Å². The van der Waals surface area contributed by atoms with Crippen molar-refractivity contribution in [2.75, 3.05) is 6.54 Å². The van der Waals surface area contributed by atoms with Gasteiger partial charge in [-0.05, 0) is 24.0 Å². The Bertz CT molecular complexity index is 810. The molecule has 0 fully saturated rings. The maximum Gasteiger partial charge on any atom is 0.404 e. The largest absolute Gasteiger partial charge is 0.465 e. The van der Waals surface area contributed by atoms with Crippen LogP contribution >= 0.6 is 0 Å². The zero-order valence-corrected chi connectivity index (χ0v) is 13.8. The average Bonchev–Trinajstić information content (AvgIpc) is 3.11. The van der Waals surface area contributed by atoms with Crippen molar-refractivity contribution < 1.29 is 14.4 Å². The van der Waals surface area contributed by atoms with E-state index in [0.29, 0.717) is 6.54 Å². The van der Waals surface area contributed by atoms with Crippen LogP contribution < -0.4 is 5.32 Å². The summed E-state index contributed by atoms with van der Waals surface area (Å²) in [7, 11) is 0. The van der Waals surface area contributed by atoms with Crippen molar-refractivity contribution in [1.82, 2.24) is 10.5 Å². The van der Waals surface area contributed by atoms with E-state index in [0.717, 1.165) is 36.3 Å². The van der Waals surface area contributed by atoms with Gasteiger partial charge in [0.05, 0.1) is 0 Å². The maximum atomic E-state index is 10.4. The molecule has 0 saturated carbocycles. The highest BCUT2D eigenvalue weighted by atomic mass is 16.5. The van der Waals surface area contributed by atoms with Gasteiger partial charge in [0.25, 0.3) is 0 Å². The fourth-order valence-corrected chi connectivity index (χ4v) is 2.65. The van der Waals surface area contributed by atoms with Crippen LogP contribution in [0.2, 0.25) is 0 Å². The molecule has 1 amide bonds. The van der Waals surface area contributed by atoms with Gasteiger partial charge in [-0.15, -0.1) is 0 Å². The zero-order valence-electron chi connectivity index (χ0n) is 13.8. The molecule has 0 saturated heterocycles. The van der Waals surface area contributed by atoms with Gasteiger partial charge >= 0.3 is 6.09 Å². The number of hydrogen-bond acceptors (Lipinski definition) is 3. The molecule has 0 radical (unpaired) electrons. The van der Waals surface area contributed by atoms with Gasteiger partial charge in [0.1, 0.15) is 11.5 Å². The first-order chi connectivity index (χ1) is 12.2. The van der Waals surface area contributed by atoms with E-state index >= 15 is 0 Å². The number of hydrogen-bond donors (Lipinski definition) is 2. The Morgan fingerprint density at radius 2 is 1.64 bits per heavy atom. The third kappa shape index (κ3) is 4.70. The Morgan fingerprint density at radius 3 is 2.36 bits per heavy atom. The number of aryl methyl sites for hydroxylation is 1. The molecule has 2 N–H and O–H groups in total. The maximum absolute atomic E-state index is 10.4. The summed E-state index contributed by atoms with van der Waals surface area (Å²) in [4.78, 5) is 10.4. The predicted molar refractivity (Wildman–Crippen MR) is 96.3 cm³/mol. The van der Waals surface area contributed by atoms with Crippen LogP contribution in [-0.4, -0.2) is 22.9 Å². The highest BCUT2D eigenvalue weighted by Crippen LogP contribution is 2.24. The Balaban J connectivity index is 1.58. The summed E-state index contributed by atoms with van der Waals surface area (Å²) in [6, 6.07) is 20.4. The van der Waals surface area contributed by atoms with Gasteiger partial charge in [-0.1, -0.05) is 59.8 Å². The van der Waals surface area contributed by atoms with Gasteiger partial charge in [-0.25, -0.2) is 4.79 Å². The molecule has 0 aliphatic rings. The topological polar surface area (TPSA) is 75.4 Å². The molecule has 3 aromatic rings. The molecule has 0 spiro atoms. The molecule has 1 aromatic heterocycles. The normalized spacial score (nSPS) is 10.6. The first kappa shape index (κ1) is 16.8. The van der Waals surface area contributed by atoms with Gasteiger partial charge in [-0.2, -0.15) is 0 Å². The van der Waals surface area contributed by atoms with Crippen molar-refractivity contribution in [3.63, 3.8) is 0 Å². The molecule has 0 bridgehead atoms. The standard InChI is InChI=1S/C20H20N2O3/c23-20(24)21-13-5-4-8-18-14-19(22-25-18)17-11-9-16(10-12-17)15-6-2-1-3-7-15/h1-3,6-7,9-12,14,21H,4-5,8,13H2,(H,23,24). The van der Waals surface area contributed by atoms with Crippen molar-refractivity contribution in [2.24, 2.45) is 0 Å². The molecule has 2 aromatic carbocycles. The number of amides is 1.